The zero-order chi connectivity index (χ0) is 10.9. The first-order valence-electron chi connectivity index (χ1n) is 5.65. The summed E-state index contributed by atoms with van der Waals surface area (Å²) in [6.45, 7) is 2.29. The van der Waals surface area contributed by atoms with E-state index in [0.29, 0.717) is 0 Å². The van der Waals surface area contributed by atoms with Gasteiger partial charge in [-0.15, -0.1) is 0 Å². The van der Waals surface area contributed by atoms with Crippen molar-refractivity contribution in [2.45, 2.75) is 38.1 Å². The summed E-state index contributed by atoms with van der Waals surface area (Å²) in [7, 11) is 0. The average molecular weight is 224 g/mol. The predicted octanol–water partition coefficient (Wildman–Crippen LogP) is 3.70. The second-order valence-corrected chi connectivity index (χ2v) is 5.30. The van der Waals surface area contributed by atoms with E-state index in [1.165, 1.54) is 18.4 Å². The van der Waals surface area contributed by atoms with Gasteiger partial charge in [0.15, 0.2) is 0 Å². The van der Waals surface area contributed by atoms with Crippen molar-refractivity contribution in [3.05, 3.63) is 34.9 Å². The molecule has 1 saturated carbocycles. The smallest absolute Gasteiger partial charge is 0.0412 e. The Morgan fingerprint density at radius 3 is 2.60 bits per heavy atom. The van der Waals surface area contributed by atoms with Crippen LogP contribution < -0.4 is 5.73 Å². The summed E-state index contributed by atoms with van der Waals surface area (Å²) in [6, 6.07) is 8.01. The number of nitrogens with two attached hydrogens (primary N) is 1. The molecule has 0 saturated heterocycles. The number of hydrogen-bond acceptors (Lipinski definition) is 1. The van der Waals surface area contributed by atoms with Crippen LogP contribution in [0.5, 0.6) is 0 Å². The van der Waals surface area contributed by atoms with E-state index in [1.54, 1.807) is 0 Å². The van der Waals surface area contributed by atoms with Crippen molar-refractivity contribution < 1.29 is 0 Å². The molecule has 0 heterocycles. The van der Waals surface area contributed by atoms with Gasteiger partial charge in [-0.25, -0.2) is 0 Å². The highest BCUT2D eigenvalue weighted by molar-refractivity contribution is 6.30. The molecule has 0 aliphatic heterocycles. The number of halogens is 1. The monoisotopic (exact) mass is 223 g/mol. The van der Waals surface area contributed by atoms with Crippen molar-refractivity contribution in [3.63, 3.8) is 0 Å². The van der Waals surface area contributed by atoms with E-state index in [1.807, 2.05) is 12.1 Å². The van der Waals surface area contributed by atoms with Crippen molar-refractivity contribution in [2.24, 2.45) is 11.7 Å². The molecule has 2 unspecified atom stereocenters. The van der Waals surface area contributed by atoms with Gasteiger partial charge in [0.2, 0.25) is 0 Å². The van der Waals surface area contributed by atoms with Gasteiger partial charge in [0.25, 0.3) is 0 Å². The summed E-state index contributed by atoms with van der Waals surface area (Å²) < 4.78 is 0. The van der Waals surface area contributed by atoms with Crippen LogP contribution in [0.2, 0.25) is 5.02 Å². The Kier molecular flexibility index (Phi) is 3.03. The summed E-state index contributed by atoms with van der Waals surface area (Å²) >= 11 is 5.88. The maximum atomic E-state index is 6.48. The number of rotatable bonds is 1. The van der Waals surface area contributed by atoms with Crippen LogP contribution in [-0.2, 0) is 5.54 Å². The Morgan fingerprint density at radius 2 is 2.00 bits per heavy atom. The van der Waals surface area contributed by atoms with E-state index in [2.05, 4.69) is 19.1 Å². The molecule has 0 spiro atoms. The lowest BCUT2D eigenvalue weighted by Gasteiger charge is -2.37. The van der Waals surface area contributed by atoms with E-state index in [9.17, 15) is 0 Å². The van der Waals surface area contributed by atoms with Crippen LogP contribution in [0.1, 0.15) is 38.2 Å². The minimum absolute atomic E-state index is 0.123. The van der Waals surface area contributed by atoms with Gasteiger partial charge in [-0.3, -0.25) is 0 Å². The van der Waals surface area contributed by atoms with Gasteiger partial charge in [0.05, 0.1) is 0 Å². The van der Waals surface area contributed by atoms with Gasteiger partial charge in [-0.1, -0.05) is 43.5 Å². The van der Waals surface area contributed by atoms with Crippen LogP contribution in [0, 0.1) is 5.92 Å². The van der Waals surface area contributed by atoms with E-state index < -0.39 is 0 Å². The summed E-state index contributed by atoms with van der Waals surface area (Å²) in [5, 5.41) is 0.784. The Labute approximate surface area is 96.6 Å². The molecule has 1 aliphatic rings. The molecule has 1 aromatic carbocycles. The SMILES string of the molecule is CC1CCCC(N)(c2ccc(Cl)cc2)C1. The molecule has 2 N–H and O–H groups in total. The maximum absolute atomic E-state index is 6.48. The zero-order valence-electron chi connectivity index (χ0n) is 9.17. The van der Waals surface area contributed by atoms with Gasteiger partial charge in [0.1, 0.15) is 0 Å². The molecular formula is C13H18ClN. The fourth-order valence-corrected chi connectivity index (χ4v) is 2.76. The van der Waals surface area contributed by atoms with Gasteiger partial charge >= 0.3 is 0 Å². The van der Waals surface area contributed by atoms with E-state index in [0.717, 1.165) is 23.8 Å². The molecule has 82 valence electrons. The Hall–Kier alpha value is -0.530. The molecule has 1 aliphatic carbocycles. The van der Waals surface area contributed by atoms with Crippen LogP contribution in [0.3, 0.4) is 0 Å². The first-order chi connectivity index (χ1) is 7.10. The molecule has 15 heavy (non-hydrogen) atoms. The minimum Gasteiger partial charge on any atom is -0.321 e. The molecule has 0 radical (unpaired) electrons. The van der Waals surface area contributed by atoms with Gasteiger partial charge in [-0.2, -0.15) is 0 Å². The maximum Gasteiger partial charge on any atom is 0.0412 e. The molecule has 2 rings (SSSR count). The normalized spacial score (nSPS) is 31.5. The van der Waals surface area contributed by atoms with Gasteiger partial charge in [0, 0.05) is 10.6 Å². The molecule has 1 fully saturated rings. The van der Waals surface area contributed by atoms with Crippen molar-refractivity contribution in [2.75, 3.05) is 0 Å². The van der Waals surface area contributed by atoms with Gasteiger partial charge in [-0.05, 0) is 36.5 Å². The third-order valence-electron chi connectivity index (χ3n) is 3.45. The third kappa shape index (κ3) is 2.35. The zero-order valence-corrected chi connectivity index (χ0v) is 9.93. The van der Waals surface area contributed by atoms with Crippen LogP contribution in [0.4, 0.5) is 0 Å². The molecule has 0 bridgehead atoms. The summed E-state index contributed by atoms with van der Waals surface area (Å²) in [5.74, 6) is 0.736. The number of benzene rings is 1. The Morgan fingerprint density at radius 1 is 1.33 bits per heavy atom. The quantitative estimate of drug-likeness (QED) is 0.772. The molecule has 1 aromatic rings. The van der Waals surface area contributed by atoms with Crippen molar-refractivity contribution >= 4 is 11.6 Å². The Bertz CT molecular complexity index is 333. The lowest BCUT2D eigenvalue weighted by atomic mass is 9.73. The second-order valence-electron chi connectivity index (χ2n) is 4.86. The van der Waals surface area contributed by atoms with Crippen molar-refractivity contribution in [1.29, 1.82) is 0 Å². The van der Waals surface area contributed by atoms with Gasteiger partial charge < -0.3 is 5.73 Å². The van der Waals surface area contributed by atoms with E-state index in [-0.39, 0.29) is 5.54 Å². The largest absolute Gasteiger partial charge is 0.321 e. The first-order valence-corrected chi connectivity index (χ1v) is 6.03. The van der Waals surface area contributed by atoms with Crippen LogP contribution in [0.15, 0.2) is 24.3 Å². The summed E-state index contributed by atoms with van der Waals surface area (Å²) in [5.41, 5.74) is 7.59. The molecule has 1 nitrogen and oxygen atoms in total. The van der Waals surface area contributed by atoms with Crippen molar-refractivity contribution in [1.82, 2.24) is 0 Å². The summed E-state index contributed by atoms with van der Waals surface area (Å²) in [6.07, 6.45) is 4.74. The first kappa shape index (κ1) is 11.0. The lowest BCUT2D eigenvalue weighted by molar-refractivity contribution is 0.239. The highest BCUT2D eigenvalue weighted by atomic mass is 35.5. The fraction of sp³-hybridized carbons (Fsp3) is 0.538. The lowest BCUT2D eigenvalue weighted by Crippen LogP contribution is -2.40. The molecule has 2 atom stereocenters. The van der Waals surface area contributed by atoms with Crippen LogP contribution >= 0.6 is 11.6 Å². The highest BCUT2D eigenvalue weighted by Crippen LogP contribution is 2.37. The molecule has 2 heteroatoms. The average Bonchev–Trinajstić information content (AvgIpc) is 2.18. The van der Waals surface area contributed by atoms with E-state index in [4.69, 9.17) is 17.3 Å². The van der Waals surface area contributed by atoms with Crippen molar-refractivity contribution in [3.8, 4) is 0 Å². The topological polar surface area (TPSA) is 26.0 Å². The predicted molar refractivity (Wildman–Crippen MR) is 64.9 cm³/mol. The second kappa shape index (κ2) is 4.15. The van der Waals surface area contributed by atoms with E-state index >= 15 is 0 Å². The highest BCUT2D eigenvalue weighted by Gasteiger charge is 2.32. The molecule has 0 amide bonds. The number of hydrogen-bond donors (Lipinski definition) is 1. The summed E-state index contributed by atoms with van der Waals surface area (Å²) in [4.78, 5) is 0. The minimum atomic E-state index is -0.123. The van der Waals surface area contributed by atoms with Crippen LogP contribution in [-0.4, -0.2) is 0 Å². The molecular weight excluding hydrogens is 206 g/mol. The molecule has 0 aromatic heterocycles. The Balaban J connectivity index is 2.24. The van der Waals surface area contributed by atoms with Crippen LogP contribution in [0.25, 0.3) is 0 Å². The fourth-order valence-electron chi connectivity index (χ4n) is 2.64. The standard InChI is InChI=1S/C13H18ClN/c1-10-3-2-8-13(15,9-10)11-4-6-12(14)7-5-11/h4-7,10H,2-3,8-9,15H2,1H3. The third-order valence-corrected chi connectivity index (χ3v) is 3.70.